The van der Waals surface area contributed by atoms with Crippen LogP contribution in [-0.4, -0.2) is 4.98 Å². The SMILES string of the molecule is Cc1ccc(F)c(-c2nc3cc(N)ccc3o2)c1F. The van der Waals surface area contributed by atoms with Crippen molar-refractivity contribution >= 4 is 16.8 Å². The second-order valence-corrected chi connectivity index (χ2v) is 4.30. The van der Waals surface area contributed by atoms with Gasteiger partial charge in [-0.3, -0.25) is 0 Å². The van der Waals surface area contributed by atoms with Gasteiger partial charge in [0.1, 0.15) is 22.7 Å². The molecule has 0 amide bonds. The van der Waals surface area contributed by atoms with E-state index in [2.05, 4.69) is 4.98 Å². The lowest BCUT2D eigenvalue weighted by molar-refractivity contribution is 0.556. The van der Waals surface area contributed by atoms with E-state index in [1.165, 1.54) is 12.1 Å². The summed E-state index contributed by atoms with van der Waals surface area (Å²) < 4.78 is 33.1. The average Bonchev–Trinajstić information content (AvgIpc) is 2.77. The number of hydrogen-bond acceptors (Lipinski definition) is 3. The average molecular weight is 260 g/mol. The van der Waals surface area contributed by atoms with E-state index in [9.17, 15) is 8.78 Å². The number of oxazole rings is 1. The van der Waals surface area contributed by atoms with Crippen LogP contribution in [0, 0.1) is 18.6 Å². The third-order valence-corrected chi connectivity index (χ3v) is 2.91. The van der Waals surface area contributed by atoms with Crippen molar-refractivity contribution in [2.24, 2.45) is 0 Å². The molecule has 0 saturated carbocycles. The van der Waals surface area contributed by atoms with Crippen LogP contribution in [0.2, 0.25) is 0 Å². The van der Waals surface area contributed by atoms with Gasteiger partial charge in [0.15, 0.2) is 5.58 Å². The number of aromatic nitrogens is 1. The third-order valence-electron chi connectivity index (χ3n) is 2.91. The zero-order chi connectivity index (χ0) is 13.6. The highest BCUT2D eigenvalue weighted by atomic mass is 19.1. The molecule has 1 aromatic heterocycles. The molecular formula is C14H10F2N2O. The van der Waals surface area contributed by atoms with E-state index in [4.69, 9.17) is 10.2 Å². The van der Waals surface area contributed by atoms with Gasteiger partial charge >= 0.3 is 0 Å². The molecule has 0 unspecified atom stereocenters. The molecular weight excluding hydrogens is 250 g/mol. The molecule has 0 atom stereocenters. The molecule has 3 rings (SSSR count). The Hall–Kier alpha value is -2.43. The maximum Gasteiger partial charge on any atom is 0.233 e. The molecule has 96 valence electrons. The summed E-state index contributed by atoms with van der Waals surface area (Å²) in [7, 11) is 0. The van der Waals surface area contributed by atoms with Crippen LogP contribution in [0.25, 0.3) is 22.6 Å². The van der Waals surface area contributed by atoms with Crippen LogP contribution in [0.5, 0.6) is 0 Å². The van der Waals surface area contributed by atoms with Gasteiger partial charge in [0, 0.05) is 5.69 Å². The number of fused-ring (bicyclic) bond motifs is 1. The van der Waals surface area contributed by atoms with Gasteiger partial charge < -0.3 is 10.2 Å². The Kier molecular flexibility index (Phi) is 2.48. The minimum Gasteiger partial charge on any atom is -0.436 e. The topological polar surface area (TPSA) is 52.0 Å². The first-order chi connectivity index (χ1) is 9.06. The molecule has 2 N–H and O–H groups in total. The summed E-state index contributed by atoms with van der Waals surface area (Å²) >= 11 is 0. The predicted octanol–water partition coefficient (Wildman–Crippen LogP) is 3.66. The number of halogens is 2. The van der Waals surface area contributed by atoms with E-state index in [0.29, 0.717) is 22.4 Å². The van der Waals surface area contributed by atoms with E-state index in [1.54, 1.807) is 25.1 Å². The van der Waals surface area contributed by atoms with Crippen LogP contribution in [-0.2, 0) is 0 Å². The zero-order valence-corrected chi connectivity index (χ0v) is 10.1. The summed E-state index contributed by atoms with van der Waals surface area (Å²) in [6, 6.07) is 7.41. The lowest BCUT2D eigenvalue weighted by atomic mass is 10.1. The third kappa shape index (κ3) is 1.83. The molecule has 19 heavy (non-hydrogen) atoms. The highest BCUT2D eigenvalue weighted by Gasteiger charge is 2.19. The van der Waals surface area contributed by atoms with Gasteiger partial charge in [0.2, 0.25) is 5.89 Å². The van der Waals surface area contributed by atoms with Gasteiger partial charge in [-0.25, -0.2) is 13.8 Å². The molecule has 0 radical (unpaired) electrons. The summed E-state index contributed by atoms with van der Waals surface area (Å²) in [6.07, 6.45) is 0. The van der Waals surface area contributed by atoms with Crippen LogP contribution in [0.3, 0.4) is 0 Å². The van der Waals surface area contributed by atoms with Crippen molar-refractivity contribution in [3.8, 4) is 11.5 Å². The fourth-order valence-corrected chi connectivity index (χ4v) is 1.90. The molecule has 3 nitrogen and oxygen atoms in total. The van der Waals surface area contributed by atoms with Crippen molar-refractivity contribution in [2.45, 2.75) is 6.92 Å². The maximum atomic E-state index is 14.0. The number of nitrogens with zero attached hydrogens (tertiary/aromatic N) is 1. The van der Waals surface area contributed by atoms with E-state index in [1.807, 2.05) is 0 Å². The highest BCUT2D eigenvalue weighted by Crippen LogP contribution is 2.30. The van der Waals surface area contributed by atoms with E-state index in [-0.39, 0.29) is 11.5 Å². The smallest absolute Gasteiger partial charge is 0.233 e. The number of anilines is 1. The van der Waals surface area contributed by atoms with Crippen molar-refractivity contribution in [2.75, 3.05) is 5.73 Å². The summed E-state index contributed by atoms with van der Waals surface area (Å²) in [4.78, 5) is 4.08. The summed E-state index contributed by atoms with van der Waals surface area (Å²) in [5.74, 6) is -1.46. The summed E-state index contributed by atoms with van der Waals surface area (Å²) in [5.41, 5.74) is 7.12. The lowest BCUT2D eigenvalue weighted by Crippen LogP contribution is -1.93. The Morgan fingerprint density at radius 2 is 1.95 bits per heavy atom. The molecule has 2 aromatic carbocycles. The molecule has 0 bridgehead atoms. The van der Waals surface area contributed by atoms with Crippen LogP contribution < -0.4 is 5.73 Å². The Morgan fingerprint density at radius 1 is 1.16 bits per heavy atom. The number of hydrogen-bond donors (Lipinski definition) is 1. The Labute approximate surface area is 107 Å². The fourth-order valence-electron chi connectivity index (χ4n) is 1.90. The Balaban J connectivity index is 2.27. The standard InChI is InChI=1S/C14H10F2N2O/c1-7-2-4-9(15)12(13(7)16)14-18-10-6-8(17)3-5-11(10)19-14/h2-6H,17H2,1H3. The monoisotopic (exact) mass is 260 g/mol. The summed E-state index contributed by atoms with van der Waals surface area (Å²) in [6.45, 7) is 1.55. The second-order valence-electron chi connectivity index (χ2n) is 4.30. The molecule has 0 saturated heterocycles. The number of nitrogen functional groups attached to an aromatic ring is 1. The largest absolute Gasteiger partial charge is 0.436 e. The molecule has 0 aliphatic carbocycles. The lowest BCUT2D eigenvalue weighted by Gasteiger charge is -2.02. The molecule has 1 heterocycles. The second kappa shape index (κ2) is 4.05. The van der Waals surface area contributed by atoms with Crippen LogP contribution >= 0.6 is 0 Å². The zero-order valence-electron chi connectivity index (χ0n) is 10.1. The summed E-state index contributed by atoms with van der Waals surface area (Å²) in [5, 5.41) is 0. The van der Waals surface area contributed by atoms with E-state index < -0.39 is 11.6 Å². The van der Waals surface area contributed by atoms with Gasteiger partial charge in [-0.2, -0.15) is 0 Å². The van der Waals surface area contributed by atoms with E-state index in [0.717, 1.165) is 0 Å². The molecule has 3 aromatic rings. The van der Waals surface area contributed by atoms with Crippen molar-refractivity contribution < 1.29 is 13.2 Å². The first-order valence-electron chi connectivity index (χ1n) is 5.67. The molecule has 0 spiro atoms. The van der Waals surface area contributed by atoms with Gasteiger partial charge in [-0.15, -0.1) is 0 Å². The number of rotatable bonds is 1. The highest BCUT2D eigenvalue weighted by molar-refractivity contribution is 5.79. The number of benzene rings is 2. The number of aryl methyl sites for hydroxylation is 1. The normalized spacial score (nSPS) is 11.1. The van der Waals surface area contributed by atoms with Crippen molar-refractivity contribution in [1.82, 2.24) is 4.98 Å². The van der Waals surface area contributed by atoms with Gasteiger partial charge in [-0.1, -0.05) is 6.07 Å². The first kappa shape index (κ1) is 11.6. The molecule has 0 aliphatic heterocycles. The van der Waals surface area contributed by atoms with Crippen LogP contribution in [0.4, 0.5) is 14.5 Å². The van der Waals surface area contributed by atoms with E-state index >= 15 is 0 Å². The van der Waals surface area contributed by atoms with Crippen LogP contribution in [0.1, 0.15) is 5.56 Å². The van der Waals surface area contributed by atoms with Crippen LogP contribution in [0.15, 0.2) is 34.7 Å². The van der Waals surface area contributed by atoms with Crippen molar-refractivity contribution in [3.63, 3.8) is 0 Å². The maximum absolute atomic E-state index is 14.0. The molecule has 5 heteroatoms. The van der Waals surface area contributed by atoms with Gasteiger partial charge in [0.25, 0.3) is 0 Å². The van der Waals surface area contributed by atoms with Crippen molar-refractivity contribution in [1.29, 1.82) is 0 Å². The van der Waals surface area contributed by atoms with Gasteiger partial charge in [-0.05, 0) is 36.8 Å². The molecule has 0 aliphatic rings. The quantitative estimate of drug-likeness (QED) is 0.679. The predicted molar refractivity (Wildman–Crippen MR) is 68.5 cm³/mol. The van der Waals surface area contributed by atoms with Gasteiger partial charge in [0.05, 0.1) is 0 Å². The Morgan fingerprint density at radius 3 is 2.74 bits per heavy atom. The number of nitrogens with two attached hydrogens (primary N) is 1. The minimum absolute atomic E-state index is 0.0840. The first-order valence-corrected chi connectivity index (χ1v) is 5.67. The Bertz CT molecular complexity index is 780. The fraction of sp³-hybridized carbons (Fsp3) is 0.0714. The molecule has 0 fully saturated rings. The van der Waals surface area contributed by atoms with Crippen molar-refractivity contribution in [3.05, 3.63) is 47.5 Å². The minimum atomic E-state index is -0.706.